The molecule has 1 N–H and O–H groups in total. The Morgan fingerprint density at radius 3 is 2.56 bits per heavy atom. The molecule has 0 aromatic heterocycles. The number of rotatable bonds is 7. The lowest BCUT2D eigenvalue weighted by molar-refractivity contribution is -0.121. The molecule has 3 rings (SSSR count). The number of carbonyl (C=O) groups excluding carboxylic acids is 2. The second-order valence-corrected chi connectivity index (χ2v) is 6.83. The molecule has 2 aromatic carbocycles. The summed E-state index contributed by atoms with van der Waals surface area (Å²) in [5.74, 6) is 0.875. The van der Waals surface area contributed by atoms with Gasteiger partial charge in [0.05, 0.1) is 7.11 Å². The highest BCUT2D eigenvalue weighted by molar-refractivity contribution is 5.94. The Hall–Kier alpha value is -2.82. The zero-order chi connectivity index (χ0) is 19.1. The molecule has 2 amide bonds. The molecule has 0 unspecified atom stereocenters. The molecule has 0 bridgehead atoms. The van der Waals surface area contributed by atoms with E-state index in [2.05, 4.69) is 5.32 Å². The lowest BCUT2D eigenvalue weighted by atomic mass is 10.1. The maximum atomic E-state index is 12.5. The largest absolute Gasteiger partial charge is 0.497 e. The molecule has 0 saturated carbocycles. The molecule has 0 aliphatic carbocycles. The van der Waals surface area contributed by atoms with Gasteiger partial charge in [-0.25, -0.2) is 0 Å². The van der Waals surface area contributed by atoms with E-state index in [0.717, 1.165) is 42.8 Å². The fourth-order valence-corrected chi connectivity index (χ4v) is 3.29. The summed E-state index contributed by atoms with van der Waals surface area (Å²) in [6.07, 6.45) is 3.24. The smallest absolute Gasteiger partial charge is 0.253 e. The minimum atomic E-state index is -0.00547. The summed E-state index contributed by atoms with van der Waals surface area (Å²) in [5, 5.41) is 2.94. The summed E-state index contributed by atoms with van der Waals surface area (Å²) in [6, 6.07) is 15.3. The topological polar surface area (TPSA) is 58.6 Å². The number of hydrogen-bond donors (Lipinski definition) is 1. The number of aryl methyl sites for hydroxylation is 1. The number of benzene rings is 2. The van der Waals surface area contributed by atoms with Gasteiger partial charge in [-0.15, -0.1) is 0 Å². The minimum Gasteiger partial charge on any atom is -0.497 e. The standard InChI is InChI=1S/C22H26N2O3/c1-27-20-9-5-6-17(15-20)10-11-21(25)23-16-18-7-4-8-19(14-18)22(26)24-12-2-3-13-24/h4-9,14-15H,2-3,10-13,16H2,1H3,(H,23,25). The summed E-state index contributed by atoms with van der Waals surface area (Å²) in [4.78, 5) is 26.5. The highest BCUT2D eigenvalue weighted by Gasteiger charge is 2.19. The molecule has 5 heteroatoms. The fourth-order valence-electron chi connectivity index (χ4n) is 3.29. The van der Waals surface area contributed by atoms with Gasteiger partial charge in [-0.1, -0.05) is 24.3 Å². The van der Waals surface area contributed by atoms with Crippen molar-refractivity contribution in [3.63, 3.8) is 0 Å². The quantitative estimate of drug-likeness (QED) is 0.819. The maximum Gasteiger partial charge on any atom is 0.253 e. The average Bonchev–Trinajstić information content (AvgIpc) is 3.25. The van der Waals surface area contributed by atoms with Crippen LogP contribution in [0.2, 0.25) is 0 Å². The predicted octanol–water partition coefficient (Wildman–Crippen LogP) is 3.18. The highest BCUT2D eigenvalue weighted by atomic mass is 16.5. The first-order chi connectivity index (χ1) is 13.2. The normalized spacial score (nSPS) is 13.4. The molecule has 142 valence electrons. The predicted molar refractivity (Wildman–Crippen MR) is 105 cm³/mol. The van der Waals surface area contributed by atoms with E-state index in [-0.39, 0.29) is 11.8 Å². The molecule has 1 heterocycles. The molecule has 0 spiro atoms. The van der Waals surface area contributed by atoms with Crippen molar-refractivity contribution in [2.45, 2.75) is 32.2 Å². The first kappa shape index (κ1) is 19.0. The molecule has 1 aliphatic rings. The third kappa shape index (κ3) is 5.33. The molecule has 27 heavy (non-hydrogen) atoms. The second-order valence-electron chi connectivity index (χ2n) is 6.83. The van der Waals surface area contributed by atoms with Crippen LogP contribution in [0.4, 0.5) is 0 Å². The van der Waals surface area contributed by atoms with Gasteiger partial charge in [0.1, 0.15) is 5.75 Å². The number of carbonyl (C=O) groups is 2. The lowest BCUT2D eigenvalue weighted by Gasteiger charge is -2.15. The van der Waals surface area contributed by atoms with Crippen LogP contribution in [0.3, 0.4) is 0 Å². The van der Waals surface area contributed by atoms with Crippen molar-refractivity contribution in [2.75, 3.05) is 20.2 Å². The van der Waals surface area contributed by atoms with E-state index in [1.807, 2.05) is 53.4 Å². The molecule has 0 radical (unpaired) electrons. The second kappa shape index (κ2) is 9.21. The average molecular weight is 366 g/mol. The number of nitrogens with zero attached hydrogens (tertiary/aromatic N) is 1. The molecule has 1 aliphatic heterocycles. The van der Waals surface area contributed by atoms with E-state index in [0.29, 0.717) is 24.9 Å². The SMILES string of the molecule is COc1cccc(CCC(=O)NCc2cccc(C(=O)N3CCCC3)c2)c1. The summed E-state index contributed by atoms with van der Waals surface area (Å²) >= 11 is 0. The lowest BCUT2D eigenvalue weighted by Crippen LogP contribution is -2.28. The zero-order valence-corrected chi connectivity index (χ0v) is 15.7. The van der Waals surface area contributed by atoms with Gasteiger partial charge in [0.25, 0.3) is 5.91 Å². The Labute approximate surface area is 160 Å². The van der Waals surface area contributed by atoms with Gasteiger partial charge in [-0.05, 0) is 54.7 Å². The van der Waals surface area contributed by atoms with Crippen molar-refractivity contribution in [1.29, 1.82) is 0 Å². The van der Waals surface area contributed by atoms with Crippen molar-refractivity contribution < 1.29 is 14.3 Å². The van der Waals surface area contributed by atoms with Crippen molar-refractivity contribution in [1.82, 2.24) is 10.2 Å². The van der Waals surface area contributed by atoms with Gasteiger partial charge in [0, 0.05) is 31.6 Å². The molecule has 2 aromatic rings. The van der Waals surface area contributed by atoms with Crippen molar-refractivity contribution in [3.05, 3.63) is 65.2 Å². The van der Waals surface area contributed by atoms with Gasteiger partial charge in [-0.3, -0.25) is 9.59 Å². The van der Waals surface area contributed by atoms with E-state index in [4.69, 9.17) is 4.74 Å². The van der Waals surface area contributed by atoms with Crippen molar-refractivity contribution >= 4 is 11.8 Å². The summed E-state index contributed by atoms with van der Waals surface area (Å²) in [7, 11) is 1.63. The van der Waals surface area contributed by atoms with Crippen LogP contribution in [0.5, 0.6) is 5.75 Å². The summed E-state index contributed by atoms with van der Waals surface area (Å²) < 4.78 is 5.20. The Bertz CT molecular complexity index is 798. The van der Waals surface area contributed by atoms with Gasteiger partial charge in [0.2, 0.25) is 5.91 Å². The van der Waals surface area contributed by atoms with E-state index >= 15 is 0 Å². The first-order valence-corrected chi connectivity index (χ1v) is 9.43. The number of ether oxygens (including phenoxy) is 1. The van der Waals surface area contributed by atoms with Crippen molar-refractivity contribution in [3.8, 4) is 5.75 Å². The van der Waals surface area contributed by atoms with Crippen LogP contribution in [-0.4, -0.2) is 36.9 Å². The van der Waals surface area contributed by atoms with Crippen LogP contribution in [0.1, 0.15) is 40.7 Å². The Kier molecular flexibility index (Phi) is 6.47. The molecular weight excluding hydrogens is 340 g/mol. The van der Waals surface area contributed by atoms with Crippen LogP contribution >= 0.6 is 0 Å². The van der Waals surface area contributed by atoms with Gasteiger partial charge >= 0.3 is 0 Å². The summed E-state index contributed by atoms with van der Waals surface area (Å²) in [5.41, 5.74) is 2.71. The Morgan fingerprint density at radius 2 is 1.78 bits per heavy atom. The van der Waals surface area contributed by atoms with E-state index in [1.165, 1.54) is 0 Å². The van der Waals surface area contributed by atoms with Crippen LogP contribution < -0.4 is 10.1 Å². The number of methoxy groups -OCH3 is 1. The van der Waals surface area contributed by atoms with Gasteiger partial charge < -0.3 is 15.0 Å². The first-order valence-electron chi connectivity index (χ1n) is 9.43. The van der Waals surface area contributed by atoms with Gasteiger partial charge in [0.15, 0.2) is 0 Å². The number of hydrogen-bond acceptors (Lipinski definition) is 3. The monoisotopic (exact) mass is 366 g/mol. The van der Waals surface area contributed by atoms with Crippen LogP contribution in [0, 0.1) is 0 Å². The number of nitrogens with one attached hydrogen (secondary N) is 1. The highest BCUT2D eigenvalue weighted by Crippen LogP contribution is 2.15. The van der Waals surface area contributed by atoms with E-state index in [1.54, 1.807) is 7.11 Å². The minimum absolute atomic E-state index is 0.00547. The third-order valence-electron chi connectivity index (χ3n) is 4.83. The molecule has 1 fully saturated rings. The fraction of sp³-hybridized carbons (Fsp3) is 0.364. The summed E-state index contributed by atoms with van der Waals surface area (Å²) in [6.45, 7) is 2.10. The third-order valence-corrected chi connectivity index (χ3v) is 4.83. The molecule has 5 nitrogen and oxygen atoms in total. The van der Waals surface area contributed by atoms with Crippen molar-refractivity contribution in [2.24, 2.45) is 0 Å². The van der Waals surface area contributed by atoms with Crippen LogP contribution in [0.15, 0.2) is 48.5 Å². The molecule has 0 atom stereocenters. The molecular formula is C22H26N2O3. The Morgan fingerprint density at radius 1 is 1.04 bits per heavy atom. The zero-order valence-electron chi connectivity index (χ0n) is 15.7. The Balaban J connectivity index is 1.49. The van der Waals surface area contributed by atoms with Gasteiger partial charge in [-0.2, -0.15) is 0 Å². The maximum absolute atomic E-state index is 12.5. The van der Waals surface area contributed by atoms with E-state index in [9.17, 15) is 9.59 Å². The van der Waals surface area contributed by atoms with E-state index < -0.39 is 0 Å². The number of amides is 2. The van der Waals surface area contributed by atoms with Crippen LogP contribution in [-0.2, 0) is 17.8 Å². The molecule has 1 saturated heterocycles. The van der Waals surface area contributed by atoms with Crippen LogP contribution in [0.25, 0.3) is 0 Å². The number of likely N-dealkylation sites (tertiary alicyclic amines) is 1.